The van der Waals surface area contributed by atoms with Gasteiger partial charge in [-0.05, 0) is 87.8 Å². The van der Waals surface area contributed by atoms with E-state index in [4.69, 9.17) is 14.2 Å². The van der Waals surface area contributed by atoms with Crippen LogP contribution in [0.15, 0.2) is 30.4 Å². The second-order valence-electron chi connectivity index (χ2n) is 14.4. The first-order valence-electron chi connectivity index (χ1n) is 17.6. The van der Waals surface area contributed by atoms with Gasteiger partial charge in [0.25, 0.3) is 0 Å². The number of hydrogen-bond donors (Lipinski definition) is 4. The van der Waals surface area contributed by atoms with Crippen LogP contribution in [0.4, 0.5) is 0 Å². The van der Waals surface area contributed by atoms with E-state index in [9.17, 15) is 25.2 Å². The van der Waals surface area contributed by atoms with Crippen molar-refractivity contribution in [2.24, 2.45) is 16.7 Å². The summed E-state index contributed by atoms with van der Waals surface area (Å²) in [5.41, 5.74) is 1.24. The Kier molecular flexibility index (Phi) is 11.5. The third-order valence-corrected chi connectivity index (χ3v) is 11.2. The zero-order chi connectivity index (χ0) is 32.1. The van der Waals surface area contributed by atoms with Gasteiger partial charge < -0.3 is 34.6 Å². The molecule has 3 aliphatic carbocycles. The van der Waals surface area contributed by atoms with Gasteiger partial charge in [-0.15, -0.1) is 0 Å². The third-order valence-electron chi connectivity index (χ3n) is 11.2. The maximum atomic E-state index is 14.1. The van der Waals surface area contributed by atoms with Crippen LogP contribution in [-0.4, -0.2) is 82.7 Å². The number of carbonyl (C=O) groups is 1. The molecule has 0 radical (unpaired) electrons. The fraction of sp³-hybridized carbons (Fsp3) is 0.757. The van der Waals surface area contributed by atoms with Crippen LogP contribution in [0.5, 0.6) is 5.75 Å². The smallest absolute Gasteiger partial charge is 0.148 e. The molecule has 1 heterocycles. The SMILES string of the molecule is CCCC1(C)C(OCCCOc2cccc3c2CCCC3)C=CC23C(=O)CC(CCCC(O)CO)(CCCC(O)CO)OC2C13. The summed E-state index contributed by atoms with van der Waals surface area (Å²) >= 11 is 0. The average Bonchev–Trinajstić information content (AvgIpc) is 3.72. The van der Waals surface area contributed by atoms with E-state index >= 15 is 0 Å². The average molecular weight is 629 g/mol. The van der Waals surface area contributed by atoms with Gasteiger partial charge in [-0.25, -0.2) is 0 Å². The molecule has 7 atom stereocenters. The van der Waals surface area contributed by atoms with Crippen molar-refractivity contribution in [1.82, 2.24) is 0 Å². The van der Waals surface area contributed by atoms with Crippen molar-refractivity contribution >= 4 is 5.78 Å². The largest absolute Gasteiger partial charge is 0.493 e. The van der Waals surface area contributed by atoms with Crippen molar-refractivity contribution in [3.05, 3.63) is 41.5 Å². The lowest BCUT2D eigenvalue weighted by atomic mass is 9.68. The molecule has 5 rings (SSSR count). The van der Waals surface area contributed by atoms with Gasteiger partial charge in [0.1, 0.15) is 11.5 Å². The number of aliphatic hydroxyl groups excluding tert-OH is 4. The lowest BCUT2D eigenvalue weighted by molar-refractivity contribution is -0.150. The third kappa shape index (κ3) is 7.21. The van der Waals surface area contributed by atoms with Gasteiger partial charge in [-0.2, -0.15) is 0 Å². The Bertz CT molecular complexity index is 1150. The molecule has 0 amide bonds. The minimum absolute atomic E-state index is 0.0347. The summed E-state index contributed by atoms with van der Waals surface area (Å²) in [6.45, 7) is 5.05. The molecule has 1 spiro atoms. The quantitative estimate of drug-likeness (QED) is 0.134. The number of rotatable bonds is 18. The highest BCUT2D eigenvalue weighted by atomic mass is 16.5. The van der Waals surface area contributed by atoms with Crippen molar-refractivity contribution in [1.29, 1.82) is 0 Å². The molecule has 4 N–H and O–H groups in total. The fourth-order valence-corrected chi connectivity index (χ4v) is 8.79. The predicted molar refractivity (Wildman–Crippen MR) is 172 cm³/mol. The summed E-state index contributed by atoms with van der Waals surface area (Å²) in [5.74, 6) is 1.26. The molecule has 4 aliphatic rings. The number of Topliss-reactive ketones (excluding diaryl/α,β-unsaturated/α-hetero) is 1. The standard InChI is InChI=1S/C37H56O8/c1-3-17-35(2)32(44-22-9-21-43-30-15-6-11-26-10-4-5-14-29(26)30)16-20-37-31(42)23-36(45-34(37)33(35)37,18-7-12-27(40)24-38)19-8-13-28(41)25-39/h6,11,15-16,20,27-28,32-34,38-41H,3-5,7-10,12-14,17-19,21-25H2,1-2H3. The number of fused-ring (bicyclic) bond motifs is 2. The summed E-state index contributed by atoms with van der Waals surface area (Å²) in [4.78, 5) is 14.1. The number of benzene rings is 1. The first kappa shape index (κ1) is 34.5. The summed E-state index contributed by atoms with van der Waals surface area (Å²) in [6, 6.07) is 6.40. The van der Waals surface area contributed by atoms with Crippen molar-refractivity contribution in [2.45, 2.75) is 134 Å². The molecule has 2 fully saturated rings. The number of aryl methyl sites for hydroxylation is 1. The Hall–Kier alpha value is -1.81. The monoisotopic (exact) mass is 628 g/mol. The van der Waals surface area contributed by atoms with Gasteiger partial charge in [0.2, 0.25) is 0 Å². The summed E-state index contributed by atoms with van der Waals surface area (Å²) < 4.78 is 19.8. The zero-order valence-corrected chi connectivity index (χ0v) is 27.4. The van der Waals surface area contributed by atoms with Gasteiger partial charge in [0, 0.05) is 24.2 Å². The molecule has 1 aromatic carbocycles. The number of aliphatic hydroxyl groups is 4. The zero-order valence-electron chi connectivity index (χ0n) is 27.4. The molecule has 0 aromatic heterocycles. The van der Waals surface area contributed by atoms with E-state index in [2.05, 4.69) is 44.2 Å². The molecule has 1 aliphatic heterocycles. The van der Waals surface area contributed by atoms with E-state index in [-0.39, 0.29) is 42.5 Å². The summed E-state index contributed by atoms with van der Waals surface area (Å²) in [6.07, 6.45) is 13.3. The van der Waals surface area contributed by atoms with Gasteiger partial charge in [-0.3, -0.25) is 4.79 Å². The topological polar surface area (TPSA) is 126 Å². The van der Waals surface area contributed by atoms with Crippen LogP contribution < -0.4 is 4.74 Å². The number of carbonyl (C=O) groups excluding carboxylic acids is 1. The van der Waals surface area contributed by atoms with Crippen LogP contribution in [0.1, 0.15) is 102 Å². The molecule has 8 nitrogen and oxygen atoms in total. The lowest BCUT2D eigenvalue weighted by Gasteiger charge is -2.41. The van der Waals surface area contributed by atoms with Crippen molar-refractivity contribution < 1.29 is 39.4 Å². The molecule has 1 aromatic rings. The molecule has 1 saturated heterocycles. The van der Waals surface area contributed by atoms with E-state index in [1.165, 1.54) is 24.0 Å². The van der Waals surface area contributed by atoms with Crippen LogP contribution in [0.2, 0.25) is 0 Å². The van der Waals surface area contributed by atoms with Gasteiger partial charge >= 0.3 is 0 Å². The van der Waals surface area contributed by atoms with Crippen LogP contribution in [0.3, 0.4) is 0 Å². The molecule has 8 heteroatoms. The minimum Gasteiger partial charge on any atom is -0.493 e. The van der Waals surface area contributed by atoms with E-state index in [0.717, 1.165) is 37.9 Å². The Morgan fingerprint density at radius 1 is 0.978 bits per heavy atom. The first-order valence-corrected chi connectivity index (χ1v) is 17.6. The Labute approximate surface area is 269 Å². The first-order chi connectivity index (χ1) is 21.7. The molecule has 252 valence electrons. The molecule has 1 saturated carbocycles. The maximum Gasteiger partial charge on any atom is 0.148 e. The Morgan fingerprint density at radius 3 is 2.38 bits per heavy atom. The number of hydrogen-bond acceptors (Lipinski definition) is 8. The summed E-state index contributed by atoms with van der Waals surface area (Å²) in [5, 5.41) is 38.5. The van der Waals surface area contributed by atoms with Gasteiger partial charge in [0.15, 0.2) is 0 Å². The normalized spacial score (nSPS) is 33.2. The highest BCUT2D eigenvalue weighted by Crippen LogP contribution is 2.72. The van der Waals surface area contributed by atoms with Gasteiger partial charge in [0.05, 0.1) is 61.9 Å². The second-order valence-corrected chi connectivity index (χ2v) is 14.4. The van der Waals surface area contributed by atoms with E-state index in [1.54, 1.807) is 0 Å². The Balaban J connectivity index is 1.23. The van der Waals surface area contributed by atoms with Crippen LogP contribution in [0, 0.1) is 16.7 Å². The van der Waals surface area contributed by atoms with E-state index in [0.29, 0.717) is 58.2 Å². The predicted octanol–water partition coefficient (Wildman–Crippen LogP) is 4.86. The molecule has 7 unspecified atom stereocenters. The highest BCUT2D eigenvalue weighted by molar-refractivity contribution is 5.94. The molecule has 0 bridgehead atoms. The second kappa shape index (κ2) is 15.0. The number of ketones is 1. The molecular weight excluding hydrogens is 572 g/mol. The van der Waals surface area contributed by atoms with Crippen LogP contribution >= 0.6 is 0 Å². The summed E-state index contributed by atoms with van der Waals surface area (Å²) in [7, 11) is 0. The molecule has 45 heavy (non-hydrogen) atoms. The lowest BCUT2D eigenvalue weighted by Crippen LogP contribution is -2.45. The van der Waals surface area contributed by atoms with E-state index < -0.39 is 23.2 Å². The number of ether oxygens (including phenoxy) is 3. The van der Waals surface area contributed by atoms with Gasteiger partial charge in [-0.1, -0.05) is 44.6 Å². The Morgan fingerprint density at radius 2 is 1.69 bits per heavy atom. The molecular formula is C37H56O8. The van der Waals surface area contributed by atoms with Crippen LogP contribution in [-0.2, 0) is 27.1 Å². The maximum absolute atomic E-state index is 14.1. The van der Waals surface area contributed by atoms with Crippen molar-refractivity contribution in [3.8, 4) is 5.75 Å². The fourth-order valence-electron chi connectivity index (χ4n) is 8.79. The van der Waals surface area contributed by atoms with Crippen molar-refractivity contribution in [2.75, 3.05) is 26.4 Å². The van der Waals surface area contributed by atoms with Crippen LogP contribution in [0.25, 0.3) is 0 Å². The van der Waals surface area contributed by atoms with Crippen molar-refractivity contribution in [3.63, 3.8) is 0 Å². The van der Waals surface area contributed by atoms with E-state index in [1.807, 2.05) is 0 Å². The minimum atomic E-state index is -0.787. The highest BCUT2D eigenvalue weighted by Gasteiger charge is 2.79.